The van der Waals surface area contributed by atoms with Crippen LogP contribution < -0.4 is 4.90 Å². The highest BCUT2D eigenvalue weighted by Crippen LogP contribution is 2.41. The van der Waals surface area contributed by atoms with Gasteiger partial charge in [-0.2, -0.15) is 0 Å². The van der Waals surface area contributed by atoms with Crippen molar-refractivity contribution < 1.29 is 0 Å². The van der Waals surface area contributed by atoms with Gasteiger partial charge >= 0.3 is 0 Å². The number of aryl methyl sites for hydroxylation is 1. The maximum absolute atomic E-state index is 2.36. The van der Waals surface area contributed by atoms with Gasteiger partial charge in [-0.1, -0.05) is 54.1 Å². The van der Waals surface area contributed by atoms with E-state index in [-0.39, 0.29) is 0 Å². The average Bonchev–Trinajstić information content (AvgIpc) is 2.67. The van der Waals surface area contributed by atoms with Crippen LogP contribution in [0.25, 0.3) is 16.3 Å². The van der Waals surface area contributed by atoms with E-state index in [9.17, 15) is 0 Å². The summed E-state index contributed by atoms with van der Waals surface area (Å²) in [5.41, 5.74) is 7.47. The summed E-state index contributed by atoms with van der Waals surface area (Å²) < 4.78 is 0. The Hall–Kier alpha value is -2.54. The maximum Gasteiger partial charge on any atom is 0.0488 e. The van der Waals surface area contributed by atoms with Gasteiger partial charge in [0.05, 0.1) is 0 Å². The predicted molar refractivity (Wildman–Crippen MR) is 103 cm³/mol. The van der Waals surface area contributed by atoms with E-state index in [1.807, 2.05) is 0 Å². The molecule has 5 rings (SSSR count). The van der Waals surface area contributed by atoms with Crippen LogP contribution in [-0.2, 0) is 6.42 Å². The molecule has 0 amide bonds. The number of nitrogens with zero attached hydrogens (tertiary/aromatic N) is 1. The van der Waals surface area contributed by atoms with Crippen molar-refractivity contribution in [2.75, 3.05) is 11.4 Å². The number of rotatable bonds is 1. The molecule has 0 aromatic heterocycles. The molecular weight excluding hydrogens is 290 g/mol. The van der Waals surface area contributed by atoms with E-state index in [0.717, 1.165) is 6.54 Å². The molecule has 2 aromatic carbocycles. The van der Waals surface area contributed by atoms with Gasteiger partial charge in [-0.25, -0.2) is 0 Å². The van der Waals surface area contributed by atoms with Crippen LogP contribution in [0.1, 0.15) is 30.4 Å². The molecule has 0 N–H and O–H groups in total. The van der Waals surface area contributed by atoms with E-state index >= 15 is 0 Å². The van der Waals surface area contributed by atoms with Gasteiger partial charge in [0.1, 0.15) is 0 Å². The normalized spacial score (nSPS) is 18.9. The van der Waals surface area contributed by atoms with E-state index < -0.39 is 0 Å². The first-order valence-electron chi connectivity index (χ1n) is 8.95. The van der Waals surface area contributed by atoms with E-state index in [0.29, 0.717) is 0 Å². The standard InChI is InChI=1S/C23H21N/c1-4-15-24(16-5-1)23-10-6-9-19-21-12-11-17-7-2-3-8-18(17)20(21)13-14-22(19)23/h1,3-6,8-10,13-15H,2,7,11-12,16H2. The van der Waals surface area contributed by atoms with Gasteiger partial charge in [-0.15, -0.1) is 0 Å². The molecule has 3 aliphatic rings. The van der Waals surface area contributed by atoms with Crippen molar-refractivity contribution in [1.82, 2.24) is 0 Å². The second kappa shape index (κ2) is 5.52. The van der Waals surface area contributed by atoms with Gasteiger partial charge in [-0.3, -0.25) is 0 Å². The van der Waals surface area contributed by atoms with E-state index in [2.05, 4.69) is 71.8 Å². The van der Waals surface area contributed by atoms with Crippen LogP contribution in [-0.4, -0.2) is 6.54 Å². The molecule has 0 saturated carbocycles. The molecule has 1 heteroatoms. The summed E-state index contributed by atoms with van der Waals surface area (Å²) in [6.45, 7) is 0.949. The molecule has 2 aromatic rings. The van der Waals surface area contributed by atoms with Crippen LogP contribution in [0.3, 0.4) is 0 Å². The van der Waals surface area contributed by atoms with Crippen LogP contribution in [0.4, 0.5) is 5.69 Å². The summed E-state index contributed by atoms with van der Waals surface area (Å²) in [5, 5.41) is 2.80. The number of benzene rings is 2. The number of hydrogen-bond donors (Lipinski definition) is 0. The van der Waals surface area contributed by atoms with E-state index in [4.69, 9.17) is 0 Å². The molecule has 0 bridgehead atoms. The van der Waals surface area contributed by atoms with Gasteiger partial charge in [0.2, 0.25) is 0 Å². The minimum Gasteiger partial charge on any atom is -0.344 e. The zero-order valence-corrected chi connectivity index (χ0v) is 13.8. The first kappa shape index (κ1) is 13.9. The number of allylic oxidation sites excluding steroid dienone is 6. The smallest absolute Gasteiger partial charge is 0.0488 e. The quantitative estimate of drug-likeness (QED) is 0.645. The van der Waals surface area contributed by atoms with Gasteiger partial charge in [-0.05, 0) is 59.9 Å². The molecule has 0 spiro atoms. The van der Waals surface area contributed by atoms with Crippen LogP contribution >= 0.6 is 0 Å². The molecule has 24 heavy (non-hydrogen) atoms. The monoisotopic (exact) mass is 311 g/mol. The highest BCUT2D eigenvalue weighted by Gasteiger charge is 2.21. The molecule has 2 aliphatic carbocycles. The summed E-state index contributed by atoms with van der Waals surface area (Å²) in [6, 6.07) is 11.4. The lowest BCUT2D eigenvalue weighted by molar-refractivity contribution is 0.831. The number of fused-ring (bicyclic) bond motifs is 4. The van der Waals surface area contributed by atoms with Crippen molar-refractivity contribution in [2.45, 2.75) is 25.7 Å². The number of hydrogen-bond acceptors (Lipinski definition) is 1. The number of anilines is 1. The van der Waals surface area contributed by atoms with Gasteiger partial charge < -0.3 is 4.90 Å². The Balaban J connectivity index is 1.70. The lowest BCUT2D eigenvalue weighted by Gasteiger charge is -2.27. The zero-order valence-electron chi connectivity index (χ0n) is 13.8. The molecule has 1 aliphatic heterocycles. The lowest BCUT2D eigenvalue weighted by atomic mass is 9.79. The molecule has 0 atom stereocenters. The third-order valence-corrected chi connectivity index (χ3v) is 5.52. The fraction of sp³-hybridized carbons (Fsp3) is 0.217. The van der Waals surface area contributed by atoms with Gasteiger partial charge in [0.15, 0.2) is 0 Å². The second-order valence-corrected chi connectivity index (χ2v) is 6.84. The second-order valence-electron chi connectivity index (χ2n) is 6.84. The molecule has 0 unspecified atom stereocenters. The summed E-state index contributed by atoms with van der Waals surface area (Å²) in [7, 11) is 0. The molecular formula is C23H21N. The lowest BCUT2D eigenvalue weighted by Crippen LogP contribution is -2.17. The SMILES string of the molecule is C1=CCN(c2cccc3c4c(ccc23)C2=C(CCC=C2)CC4)C=C1. The van der Waals surface area contributed by atoms with Crippen LogP contribution in [0.2, 0.25) is 0 Å². The van der Waals surface area contributed by atoms with Crippen molar-refractivity contribution in [3.8, 4) is 0 Å². The Labute approximate surface area is 143 Å². The van der Waals surface area contributed by atoms with Crippen LogP contribution in [0.15, 0.2) is 72.5 Å². The predicted octanol–water partition coefficient (Wildman–Crippen LogP) is 5.78. The van der Waals surface area contributed by atoms with Crippen LogP contribution in [0, 0.1) is 0 Å². The molecule has 118 valence electrons. The Morgan fingerprint density at radius 3 is 2.75 bits per heavy atom. The van der Waals surface area contributed by atoms with Crippen molar-refractivity contribution in [2.24, 2.45) is 0 Å². The van der Waals surface area contributed by atoms with E-state index in [1.54, 1.807) is 5.57 Å². The maximum atomic E-state index is 2.36. The first-order valence-corrected chi connectivity index (χ1v) is 8.95. The van der Waals surface area contributed by atoms with Crippen molar-refractivity contribution in [3.05, 3.63) is 83.6 Å². The Kier molecular flexibility index (Phi) is 3.19. The van der Waals surface area contributed by atoms with Crippen molar-refractivity contribution >= 4 is 22.0 Å². The van der Waals surface area contributed by atoms with Crippen molar-refractivity contribution in [3.63, 3.8) is 0 Å². The average molecular weight is 311 g/mol. The molecule has 0 saturated heterocycles. The Bertz CT molecular complexity index is 940. The highest BCUT2D eigenvalue weighted by molar-refractivity contribution is 6.00. The molecule has 1 heterocycles. The molecule has 0 fully saturated rings. The van der Waals surface area contributed by atoms with Crippen LogP contribution in [0.5, 0.6) is 0 Å². The molecule has 1 nitrogen and oxygen atoms in total. The third-order valence-electron chi connectivity index (χ3n) is 5.52. The summed E-state index contributed by atoms with van der Waals surface area (Å²) in [4.78, 5) is 2.34. The summed E-state index contributed by atoms with van der Waals surface area (Å²) in [5.74, 6) is 0. The van der Waals surface area contributed by atoms with Crippen molar-refractivity contribution in [1.29, 1.82) is 0 Å². The van der Waals surface area contributed by atoms with E-state index in [1.165, 1.54) is 58.8 Å². The Morgan fingerprint density at radius 1 is 0.833 bits per heavy atom. The zero-order chi connectivity index (χ0) is 15.9. The topological polar surface area (TPSA) is 3.24 Å². The molecule has 0 radical (unpaired) electrons. The summed E-state index contributed by atoms with van der Waals surface area (Å²) >= 11 is 0. The Morgan fingerprint density at radius 2 is 1.83 bits per heavy atom. The van der Waals surface area contributed by atoms with Gasteiger partial charge in [0, 0.05) is 23.8 Å². The van der Waals surface area contributed by atoms with Gasteiger partial charge in [0.25, 0.3) is 0 Å². The fourth-order valence-corrected chi connectivity index (χ4v) is 4.35. The highest BCUT2D eigenvalue weighted by atomic mass is 15.1. The fourth-order valence-electron chi connectivity index (χ4n) is 4.35. The largest absolute Gasteiger partial charge is 0.344 e. The third kappa shape index (κ3) is 2.08. The minimum absolute atomic E-state index is 0.949. The minimum atomic E-state index is 0.949. The summed E-state index contributed by atoms with van der Waals surface area (Å²) in [6.07, 6.45) is 18.2. The first-order chi connectivity index (χ1) is 11.9.